The topological polar surface area (TPSA) is 17.1 Å². The summed E-state index contributed by atoms with van der Waals surface area (Å²) < 4.78 is 0. The minimum Gasteiger partial charge on any atom is -0.303 e. The number of carbonyl (C=O) groups excluding carboxylic acids is 1. The van der Waals surface area contributed by atoms with Crippen LogP contribution in [0.25, 0.3) is 0 Å². The molecule has 3 heteroatoms. The third-order valence-corrected chi connectivity index (χ3v) is 3.41. The molecule has 50 valence electrons. The van der Waals surface area contributed by atoms with Crippen LogP contribution in [0.4, 0.5) is 0 Å². The molecular weight excluding hydrogens is 152 g/mol. The lowest BCUT2D eigenvalue weighted by molar-refractivity contribution is -0.107. The Morgan fingerprint density at radius 3 is 3.11 bits per heavy atom. The smallest absolute Gasteiger partial charge is 0.121 e. The van der Waals surface area contributed by atoms with Gasteiger partial charge in [0, 0.05) is 17.4 Å². The highest BCUT2D eigenvalue weighted by Crippen LogP contribution is 2.26. The van der Waals surface area contributed by atoms with Crippen molar-refractivity contribution in [2.75, 3.05) is 5.75 Å². The summed E-state index contributed by atoms with van der Waals surface area (Å²) in [5.74, 6) is 1.08. The van der Waals surface area contributed by atoms with E-state index in [9.17, 15) is 4.79 Å². The Morgan fingerprint density at radius 1 is 1.67 bits per heavy atom. The SMILES string of the molecule is O=CCC1CSC=CS1. The summed E-state index contributed by atoms with van der Waals surface area (Å²) in [4.78, 5) is 10.0. The number of aldehydes is 1. The van der Waals surface area contributed by atoms with E-state index in [0.717, 1.165) is 12.0 Å². The molecule has 1 heterocycles. The van der Waals surface area contributed by atoms with Gasteiger partial charge >= 0.3 is 0 Å². The molecule has 1 rings (SSSR count). The van der Waals surface area contributed by atoms with Gasteiger partial charge in [0.25, 0.3) is 0 Å². The van der Waals surface area contributed by atoms with Crippen LogP contribution >= 0.6 is 23.5 Å². The Bertz CT molecular complexity index is 122. The normalized spacial score (nSPS) is 26.0. The van der Waals surface area contributed by atoms with Crippen LogP contribution in [-0.4, -0.2) is 17.3 Å². The van der Waals surface area contributed by atoms with E-state index in [1.54, 1.807) is 23.5 Å². The van der Waals surface area contributed by atoms with Crippen molar-refractivity contribution < 1.29 is 4.79 Å². The fourth-order valence-corrected chi connectivity index (χ4v) is 2.61. The number of hydrogen-bond donors (Lipinski definition) is 0. The van der Waals surface area contributed by atoms with Crippen molar-refractivity contribution in [1.29, 1.82) is 0 Å². The first-order chi connectivity index (χ1) is 4.43. The van der Waals surface area contributed by atoms with Crippen LogP contribution in [0, 0.1) is 0 Å². The maximum absolute atomic E-state index is 10.0. The Kier molecular flexibility index (Phi) is 3.22. The second-order valence-electron chi connectivity index (χ2n) is 1.77. The lowest BCUT2D eigenvalue weighted by atomic mass is 10.4. The zero-order chi connectivity index (χ0) is 6.53. The fraction of sp³-hybridized carbons (Fsp3) is 0.500. The zero-order valence-corrected chi connectivity index (χ0v) is 6.58. The summed E-state index contributed by atoms with van der Waals surface area (Å²) in [6.45, 7) is 0. The van der Waals surface area contributed by atoms with Gasteiger partial charge in [0.1, 0.15) is 6.29 Å². The average molecular weight is 160 g/mol. The summed E-state index contributed by atoms with van der Waals surface area (Å²) in [6.07, 6.45) is 1.69. The molecule has 0 aromatic rings. The van der Waals surface area contributed by atoms with Gasteiger partial charge in [0.2, 0.25) is 0 Å². The molecule has 0 radical (unpaired) electrons. The summed E-state index contributed by atoms with van der Waals surface area (Å²) >= 11 is 3.54. The van der Waals surface area contributed by atoms with Crippen LogP contribution in [0.3, 0.4) is 0 Å². The number of carbonyl (C=O) groups is 1. The third-order valence-electron chi connectivity index (χ3n) is 1.06. The van der Waals surface area contributed by atoms with Gasteiger partial charge in [-0.25, -0.2) is 0 Å². The predicted molar refractivity (Wildman–Crippen MR) is 43.7 cm³/mol. The minimum absolute atomic E-state index is 0.525. The van der Waals surface area contributed by atoms with Crippen LogP contribution in [0.5, 0.6) is 0 Å². The maximum atomic E-state index is 10.0. The van der Waals surface area contributed by atoms with Crippen molar-refractivity contribution in [3.8, 4) is 0 Å². The highest BCUT2D eigenvalue weighted by Gasteiger charge is 2.08. The molecule has 1 aliphatic rings. The minimum atomic E-state index is 0.525. The molecule has 1 unspecified atom stereocenters. The highest BCUT2D eigenvalue weighted by atomic mass is 32.2. The summed E-state index contributed by atoms with van der Waals surface area (Å²) in [5.41, 5.74) is 0. The van der Waals surface area contributed by atoms with Gasteiger partial charge < -0.3 is 4.79 Å². The fourth-order valence-electron chi connectivity index (χ4n) is 0.616. The van der Waals surface area contributed by atoms with Gasteiger partial charge in [-0.2, -0.15) is 0 Å². The van der Waals surface area contributed by atoms with Gasteiger partial charge in [-0.3, -0.25) is 0 Å². The number of thioether (sulfide) groups is 2. The van der Waals surface area contributed by atoms with Crippen LogP contribution in [0.1, 0.15) is 6.42 Å². The van der Waals surface area contributed by atoms with Crippen molar-refractivity contribution in [3.63, 3.8) is 0 Å². The number of rotatable bonds is 2. The molecule has 9 heavy (non-hydrogen) atoms. The summed E-state index contributed by atoms with van der Waals surface area (Å²) in [5, 5.41) is 4.66. The maximum Gasteiger partial charge on any atom is 0.121 e. The van der Waals surface area contributed by atoms with Crippen molar-refractivity contribution in [3.05, 3.63) is 10.8 Å². The molecule has 0 fully saturated rings. The molecule has 0 N–H and O–H groups in total. The molecule has 1 atom stereocenters. The average Bonchev–Trinajstić information content (AvgIpc) is 1.91. The molecule has 0 aromatic carbocycles. The molecule has 0 aliphatic carbocycles. The van der Waals surface area contributed by atoms with Crippen molar-refractivity contribution in [1.82, 2.24) is 0 Å². The lowest BCUT2D eigenvalue weighted by Crippen LogP contribution is -2.06. The molecule has 0 amide bonds. The number of hydrogen-bond acceptors (Lipinski definition) is 3. The van der Waals surface area contributed by atoms with Gasteiger partial charge in [-0.15, -0.1) is 23.5 Å². The molecule has 0 saturated heterocycles. The molecule has 0 bridgehead atoms. The third kappa shape index (κ3) is 2.45. The van der Waals surface area contributed by atoms with E-state index in [1.807, 2.05) is 0 Å². The molecule has 1 aliphatic heterocycles. The van der Waals surface area contributed by atoms with E-state index >= 15 is 0 Å². The van der Waals surface area contributed by atoms with E-state index < -0.39 is 0 Å². The molecule has 0 spiro atoms. The van der Waals surface area contributed by atoms with E-state index in [0.29, 0.717) is 11.7 Å². The van der Waals surface area contributed by atoms with Gasteiger partial charge in [0.05, 0.1) is 0 Å². The molecule has 0 aromatic heterocycles. The van der Waals surface area contributed by atoms with E-state index in [-0.39, 0.29) is 0 Å². The van der Waals surface area contributed by atoms with Crippen LogP contribution in [0.15, 0.2) is 10.8 Å². The first-order valence-electron chi connectivity index (χ1n) is 2.79. The summed E-state index contributed by atoms with van der Waals surface area (Å²) in [7, 11) is 0. The molecular formula is C6H8OS2. The first-order valence-corrected chi connectivity index (χ1v) is 4.78. The largest absolute Gasteiger partial charge is 0.303 e. The molecule has 0 saturated carbocycles. The van der Waals surface area contributed by atoms with Gasteiger partial charge in [-0.05, 0) is 10.8 Å². The van der Waals surface area contributed by atoms with E-state index in [4.69, 9.17) is 0 Å². The zero-order valence-electron chi connectivity index (χ0n) is 4.95. The Labute approximate surface area is 63.3 Å². The Hall–Kier alpha value is 0.110. The van der Waals surface area contributed by atoms with Crippen LogP contribution < -0.4 is 0 Å². The monoisotopic (exact) mass is 160 g/mol. The molecule has 1 nitrogen and oxygen atoms in total. The summed E-state index contributed by atoms with van der Waals surface area (Å²) in [6, 6.07) is 0. The van der Waals surface area contributed by atoms with Gasteiger partial charge in [-0.1, -0.05) is 0 Å². The standard InChI is InChI=1S/C6H8OS2/c7-2-1-6-5-8-3-4-9-6/h2-4,6H,1,5H2. The first kappa shape index (κ1) is 7.22. The van der Waals surface area contributed by atoms with Crippen molar-refractivity contribution in [2.24, 2.45) is 0 Å². The van der Waals surface area contributed by atoms with Crippen LogP contribution in [-0.2, 0) is 4.79 Å². The second kappa shape index (κ2) is 4.01. The second-order valence-corrected chi connectivity index (χ2v) is 3.92. The lowest BCUT2D eigenvalue weighted by Gasteiger charge is -2.12. The van der Waals surface area contributed by atoms with Gasteiger partial charge in [0.15, 0.2) is 0 Å². The van der Waals surface area contributed by atoms with Crippen LogP contribution in [0.2, 0.25) is 0 Å². The van der Waals surface area contributed by atoms with Crippen molar-refractivity contribution in [2.45, 2.75) is 11.7 Å². The van der Waals surface area contributed by atoms with Crippen molar-refractivity contribution >= 4 is 29.8 Å². The predicted octanol–water partition coefficient (Wildman–Crippen LogP) is 1.90. The Morgan fingerprint density at radius 2 is 2.56 bits per heavy atom. The Balaban J connectivity index is 2.26. The quantitative estimate of drug-likeness (QED) is 0.574. The van der Waals surface area contributed by atoms with E-state index in [1.165, 1.54) is 0 Å². The van der Waals surface area contributed by atoms with E-state index in [2.05, 4.69) is 10.8 Å². The highest BCUT2D eigenvalue weighted by molar-refractivity contribution is 8.09.